The maximum atomic E-state index is 13.7. The molecule has 2 unspecified atom stereocenters. The van der Waals surface area contributed by atoms with E-state index in [0.29, 0.717) is 18.6 Å². The van der Waals surface area contributed by atoms with Crippen LogP contribution in [0.5, 0.6) is 5.75 Å². The number of fused-ring (bicyclic) bond motifs is 2. The molecule has 2 aromatic rings. The number of halogens is 6. The normalized spacial score (nSPS) is 22.5. The molecule has 35 heavy (non-hydrogen) atoms. The van der Waals surface area contributed by atoms with Gasteiger partial charge in [0, 0.05) is 38.3 Å². The van der Waals surface area contributed by atoms with Crippen molar-refractivity contribution in [2.45, 2.75) is 56.5 Å². The van der Waals surface area contributed by atoms with Crippen LogP contribution in [-0.2, 0) is 13.1 Å². The number of piperazine rings is 1. The summed E-state index contributed by atoms with van der Waals surface area (Å²) in [5, 5.41) is 9.01. The topological polar surface area (TPSA) is 53.0 Å². The number of carboxylic acids is 1. The van der Waals surface area contributed by atoms with Crippen molar-refractivity contribution in [3.8, 4) is 5.75 Å². The van der Waals surface area contributed by atoms with Crippen LogP contribution in [-0.4, -0.2) is 70.9 Å². The van der Waals surface area contributed by atoms with Crippen LogP contribution in [0, 0.1) is 0 Å². The van der Waals surface area contributed by atoms with Crippen LogP contribution in [0.25, 0.3) is 0 Å². The van der Waals surface area contributed by atoms with Gasteiger partial charge in [0.15, 0.2) is 0 Å². The van der Waals surface area contributed by atoms with Crippen molar-refractivity contribution in [1.82, 2.24) is 9.80 Å². The highest BCUT2D eigenvalue weighted by molar-refractivity contribution is 5.87. The van der Waals surface area contributed by atoms with Gasteiger partial charge in [0.05, 0.1) is 5.56 Å². The van der Waals surface area contributed by atoms with Gasteiger partial charge in [-0.05, 0) is 41.8 Å². The van der Waals surface area contributed by atoms with E-state index in [1.807, 2.05) is 12.1 Å². The number of hydrogen-bond donors (Lipinski definition) is 1. The molecular formula is C24H24F6N2O3. The summed E-state index contributed by atoms with van der Waals surface area (Å²) in [6, 6.07) is 12.8. The Morgan fingerprint density at radius 3 is 1.83 bits per heavy atom. The fourth-order valence-electron chi connectivity index (χ4n) is 4.63. The number of carbonyl (C=O) groups is 1. The molecule has 2 bridgehead atoms. The van der Waals surface area contributed by atoms with E-state index in [-0.39, 0.29) is 5.56 Å². The van der Waals surface area contributed by atoms with Gasteiger partial charge in [-0.2, -0.15) is 8.78 Å². The molecule has 190 valence electrons. The summed E-state index contributed by atoms with van der Waals surface area (Å²) >= 11 is 0. The van der Waals surface area contributed by atoms with Gasteiger partial charge in [-0.25, -0.2) is 22.4 Å². The molecule has 2 saturated heterocycles. The molecule has 0 saturated carbocycles. The number of likely N-dealkylation sites (tertiary alicyclic amines) is 2. The molecule has 2 heterocycles. The molecule has 2 aliphatic heterocycles. The van der Waals surface area contributed by atoms with Crippen LogP contribution in [0.1, 0.15) is 27.9 Å². The van der Waals surface area contributed by atoms with Crippen molar-refractivity contribution in [2.75, 3.05) is 13.1 Å². The molecule has 0 spiro atoms. The van der Waals surface area contributed by atoms with E-state index in [1.54, 1.807) is 12.1 Å². The zero-order valence-electron chi connectivity index (χ0n) is 18.5. The highest BCUT2D eigenvalue weighted by Crippen LogP contribution is 2.34. The number of carboxylic acid groups (broad SMARTS) is 1. The number of ether oxygens (including phenoxy) is 1. The molecule has 11 heteroatoms. The van der Waals surface area contributed by atoms with Gasteiger partial charge in [-0.1, -0.05) is 24.3 Å². The van der Waals surface area contributed by atoms with E-state index < -0.39 is 36.6 Å². The van der Waals surface area contributed by atoms with Gasteiger partial charge in [0.25, 0.3) is 6.43 Å². The number of benzene rings is 2. The van der Waals surface area contributed by atoms with E-state index in [0.717, 1.165) is 37.2 Å². The lowest BCUT2D eigenvalue weighted by atomic mass is 10.1. The second-order valence-corrected chi connectivity index (χ2v) is 8.89. The Labute approximate surface area is 197 Å². The molecule has 5 nitrogen and oxygen atoms in total. The van der Waals surface area contributed by atoms with Gasteiger partial charge in [-0.15, -0.1) is 0 Å². The molecule has 0 amide bonds. The van der Waals surface area contributed by atoms with Crippen molar-refractivity contribution in [2.24, 2.45) is 0 Å². The van der Waals surface area contributed by atoms with Crippen LogP contribution < -0.4 is 4.74 Å². The highest BCUT2D eigenvalue weighted by Gasteiger charge is 2.51. The molecular weight excluding hydrogens is 478 g/mol. The molecule has 2 aromatic carbocycles. The average Bonchev–Trinajstić information content (AvgIpc) is 3.39. The first-order chi connectivity index (χ1) is 16.5. The SMILES string of the molecule is O=C(O)c1ccc(CN2C[C@@H]3C[C@H]2CN3Cc2ccc(OC(F)(F)C(F)C(F)C(F)F)cc2)cc1. The molecule has 4 atom stereocenters. The fourth-order valence-corrected chi connectivity index (χ4v) is 4.63. The Kier molecular flexibility index (Phi) is 7.27. The van der Waals surface area contributed by atoms with Gasteiger partial charge >= 0.3 is 12.1 Å². The lowest BCUT2D eigenvalue weighted by Gasteiger charge is -2.34. The Hall–Kier alpha value is -2.79. The molecule has 2 aliphatic rings. The molecule has 0 aromatic heterocycles. The Morgan fingerprint density at radius 2 is 1.40 bits per heavy atom. The van der Waals surface area contributed by atoms with E-state index in [4.69, 9.17) is 5.11 Å². The summed E-state index contributed by atoms with van der Waals surface area (Å²) in [5.41, 5.74) is 2.08. The van der Waals surface area contributed by atoms with Crippen molar-refractivity contribution in [3.63, 3.8) is 0 Å². The van der Waals surface area contributed by atoms with Crippen molar-refractivity contribution in [1.29, 1.82) is 0 Å². The number of nitrogens with zero attached hydrogens (tertiary/aromatic N) is 2. The Balaban J connectivity index is 1.29. The third-order valence-electron chi connectivity index (χ3n) is 6.46. The summed E-state index contributed by atoms with van der Waals surface area (Å²) in [4.78, 5) is 15.6. The Bertz CT molecular complexity index is 1020. The number of aromatic carboxylic acids is 1. The third kappa shape index (κ3) is 5.72. The lowest BCUT2D eigenvalue weighted by molar-refractivity contribution is -0.241. The first-order valence-corrected chi connectivity index (χ1v) is 11.1. The zero-order valence-corrected chi connectivity index (χ0v) is 18.5. The summed E-state index contributed by atoms with van der Waals surface area (Å²) in [5.74, 6) is -1.42. The van der Waals surface area contributed by atoms with E-state index >= 15 is 0 Å². The van der Waals surface area contributed by atoms with Crippen molar-refractivity contribution < 1.29 is 41.0 Å². The maximum Gasteiger partial charge on any atom is 0.433 e. The van der Waals surface area contributed by atoms with Gasteiger partial charge in [0.2, 0.25) is 12.3 Å². The average molecular weight is 502 g/mol. The number of alkyl halides is 6. The first kappa shape index (κ1) is 25.3. The summed E-state index contributed by atoms with van der Waals surface area (Å²) in [6.45, 7) is 2.92. The second kappa shape index (κ2) is 10.1. The smallest absolute Gasteiger partial charge is 0.433 e. The lowest BCUT2D eigenvalue weighted by Crippen LogP contribution is -2.45. The molecule has 1 N–H and O–H groups in total. The standard InChI is InChI=1S/C24H24F6N2O3/c25-20(22(27)28)21(26)24(29,30)35-19-7-3-15(4-8-19)11-32-13-17-9-18(32)12-31(17)10-14-1-5-16(6-2-14)23(33)34/h1-8,17-18,20-22H,9-13H2,(H,33,34)/t17-,18-,20?,21?/m0/s1. The molecule has 0 radical (unpaired) electrons. The van der Waals surface area contributed by atoms with E-state index in [1.165, 1.54) is 24.3 Å². The minimum Gasteiger partial charge on any atom is -0.478 e. The van der Waals surface area contributed by atoms with Gasteiger partial charge < -0.3 is 9.84 Å². The monoisotopic (exact) mass is 502 g/mol. The van der Waals surface area contributed by atoms with Crippen LogP contribution in [0.4, 0.5) is 26.3 Å². The van der Waals surface area contributed by atoms with Crippen LogP contribution in [0.3, 0.4) is 0 Å². The fraction of sp³-hybridized carbons (Fsp3) is 0.458. The van der Waals surface area contributed by atoms with Crippen molar-refractivity contribution in [3.05, 3.63) is 65.2 Å². The third-order valence-corrected chi connectivity index (χ3v) is 6.46. The predicted molar refractivity (Wildman–Crippen MR) is 114 cm³/mol. The Morgan fingerprint density at radius 1 is 0.914 bits per heavy atom. The van der Waals surface area contributed by atoms with Gasteiger partial charge in [-0.3, -0.25) is 9.80 Å². The van der Waals surface area contributed by atoms with E-state index in [2.05, 4.69) is 14.5 Å². The van der Waals surface area contributed by atoms with Crippen LogP contribution in [0.15, 0.2) is 48.5 Å². The van der Waals surface area contributed by atoms with Crippen molar-refractivity contribution >= 4 is 5.97 Å². The number of hydrogen-bond acceptors (Lipinski definition) is 4. The molecule has 4 rings (SSSR count). The summed E-state index contributed by atoms with van der Waals surface area (Å²) in [6.07, 6.45) is -15.1. The molecule has 2 fully saturated rings. The largest absolute Gasteiger partial charge is 0.478 e. The van der Waals surface area contributed by atoms with Crippen LogP contribution in [0.2, 0.25) is 0 Å². The summed E-state index contributed by atoms with van der Waals surface area (Å²) in [7, 11) is 0. The van der Waals surface area contributed by atoms with Gasteiger partial charge in [0.1, 0.15) is 5.75 Å². The zero-order chi connectivity index (χ0) is 25.3. The maximum absolute atomic E-state index is 13.7. The summed E-state index contributed by atoms with van der Waals surface area (Å²) < 4.78 is 82.3. The second-order valence-electron chi connectivity index (χ2n) is 8.89. The van der Waals surface area contributed by atoms with Crippen LogP contribution >= 0.6 is 0 Å². The number of rotatable bonds is 10. The molecule has 0 aliphatic carbocycles. The highest BCUT2D eigenvalue weighted by atomic mass is 19.3. The van der Waals surface area contributed by atoms with E-state index in [9.17, 15) is 31.1 Å². The quantitative estimate of drug-likeness (QED) is 0.475. The minimum atomic E-state index is -4.73. The predicted octanol–water partition coefficient (Wildman–Crippen LogP) is 4.76. The minimum absolute atomic E-state index is 0.243. The first-order valence-electron chi connectivity index (χ1n) is 11.1.